The summed E-state index contributed by atoms with van der Waals surface area (Å²) in [4.78, 5) is 4.70. The molecule has 17 heavy (non-hydrogen) atoms. The van der Waals surface area contributed by atoms with Gasteiger partial charge in [0, 0.05) is 39.1 Å². The summed E-state index contributed by atoms with van der Waals surface area (Å²) in [7, 11) is 0. The van der Waals surface area contributed by atoms with Gasteiger partial charge in [0.1, 0.15) is 0 Å². The van der Waals surface area contributed by atoms with Crippen molar-refractivity contribution < 1.29 is 0 Å². The minimum atomic E-state index is 0.0335. The van der Waals surface area contributed by atoms with E-state index in [0.29, 0.717) is 11.8 Å². The zero-order valence-electron chi connectivity index (χ0n) is 10.5. The van der Waals surface area contributed by atoms with Gasteiger partial charge in [-0.15, -0.1) is 0 Å². The van der Waals surface area contributed by atoms with E-state index >= 15 is 0 Å². The van der Waals surface area contributed by atoms with Gasteiger partial charge in [0.25, 0.3) is 0 Å². The Hall–Kier alpha value is -1.10. The lowest BCUT2D eigenvalue weighted by Crippen LogP contribution is -2.50. The highest BCUT2D eigenvalue weighted by molar-refractivity contribution is 5.01. The normalized spacial score (nSPS) is 25.8. The maximum Gasteiger partial charge on any atom is 0.0950 e. The first-order valence-corrected chi connectivity index (χ1v) is 6.42. The zero-order chi connectivity index (χ0) is 12.3. The van der Waals surface area contributed by atoms with E-state index < -0.39 is 0 Å². The summed E-state index contributed by atoms with van der Waals surface area (Å²) in [6.07, 6.45) is 3.15. The van der Waals surface area contributed by atoms with Gasteiger partial charge in [-0.05, 0) is 25.2 Å². The third kappa shape index (κ3) is 2.97. The molecule has 2 fully saturated rings. The van der Waals surface area contributed by atoms with Gasteiger partial charge in [-0.2, -0.15) is 10.5 Å². The Morgan fingerprint density at radius 3 is 2.29 bits per heavy atom. The Balaban J connectivity index is 1.77. The van der Waals surface area contributed by atoms with Crippen LogP contribution in [0, 0.1) is 28.1 Å². The highest BCUT2D eigenvalue weighted by Crippen LogP contribution is 2.49. The van der Waals surface area contributed by atoms with Crippen molar-refractivity contribution >= 4 is 0 Å². The molecule has 1 heterocycles. The van der Waals surface area contributed by atoms with E-state index in [4.69, 9.17) is 10.5 Å². The van der Waals surface area contributed by atoms with Gasteiger partial charge in [-0.3, -0.25) is 4.90 Å². The van der Waals surface area contributed by atoms with Crippen molar-refractivity contribution in [3.05, 3.63) is 0 Å². The minimum absolute atomic E-state index is 0.0335. The highest BCUT2D eigenvalue weighted by Gasteiger charge is 2.43. The van der Waals surface area contributed by atoms with Crippen molar-refractivity contribution in [2.24, 2.45) is 5.41 Å². The number of rotatable bonds is 4. The molecule has 0 amide bonds. The standard InChI is InChI=1S/C13H20N4/c1-12(10-15)17-8-6-16(7-9-17)11-13(2-3-13)4-5-14/h12H,2-4,6-9,11H2,1H3. The Kier molecular flexibility index (Phi) is 3.66. The molecule has 4 heteroatoms. The number of piperazine rings is 1. The third-order valence-corrected chi connectivity index (χ3v) is 4.11. The van der Waals surface area contributed by atoms with E-state index in [0.717, 1.165) is 32.7 Å². The average molecular weight is 232 g/mol. The summed E-state index contributed by atoms with van der Waals surface area (Å²) >= 11 is 0. The van der Waals surface area contributed by atoms with Crippen LogP contribution in [0.3, 0.4) is 0 Å². The maximum absolute atomic E-state index is 8.88. The van der Waals surface area contributed by atoms with E-state index in [1.807, 2.05) is 6.92 Å². The summed E-state index contributed by atoms with van der Waals surface area (Å²) in [5.74, 6) is 0. The zero-order valence-corrected chi connectivity index (χ0v) is 10.5. The van der Waals surface area contributed by atoms with Crippen molar-refractivity contribution in [2.75, 3.05) is 32.7 Å². The second kappa shape index (κ2) is 5.04. The van der Waals surface area contributed by atoms with Gasteiger partial charge in [-0.1, -0.05) is 0 Å². The Morgan fingerprint density at radius 2 is 1.82 bits per heavy atom. The van der Waals surface area contributed by atoms with Gasteiger partial charge < -0.3 is 4.90 Å². The monoisotopic (exact) mass is 232 g/mol. The molecule has 1 aliphatic carbocycles. The summed E-state index contributed by atoms with van der Waals surface area (Å²) in [5.41, 5.74) is 0.317. The molecular formula is C13H20N4. The number of hydrogen-bond donors (Lipinski definition) is 0. The molecule has 4 nitrogen and oxygen atoms in total. The van der Waals surface area contributed by atoms with E-state index in [1.165, 1.54) is 12.8 Å². The molecule has 2 rings (SSSR count). The molecule has 1 atom stereocenters. The number of nitriles is 2. The molecule has 0 aromatic rings. The van der Waals surface area contributed by atoms with Gasteiger partial charge >= 0.3 is 0 Å². The summed E-state index contributed by atoms with van der Waals surface area (Å²) in [6, 6.07) is 4.64. The summed E-state index contributed by atoms with van der Waals surface area (Å²) < 4.78 is 0. The first kappa shape index (κ1) is 12.4. The molecule has 0 bridgehead atoms. The predicted molar refractivity (Wildman–Crippen MR) is 65.0 cm³/mol. The second-order valence-electron chi connectivity index (χ2n) is 5.45. The van der Waals surface area contributed by atoms with Crippen LogP contribution in [-0.4, -0.2) is 48.6 Å². The van der Waals surface area contributed by atoms with Crippen LogP contribution in [0.4, 0.5) is 0 Å². The molecule has 0 aromatic carbocycles. The lowest BCUT2D eigenvalue weighted by atomic mass is 10.0. The van der Waals surface area contributed by atoms with E-state index in [9.17, 15) is 0 Å². The van der Waals surface area contributed by atoms with Crippen molar-refractivity contribution in [3.8, 4) is 12.1 Å². The van der Waals surface area contributed by atoms with Crippen molar-refractivity contribution in [1.29, 1.82) is 10.5 Å². The van der Waals surface area contributed by atoms with Crippen molar-refractivity contribution in [3.63, 3.8) is 0 Å². The fraction of sp³-hybridized carbons (Fsp3) is 0.846. The van der Waals surface area contributed by atoms with Crippen molar-refractivity contribution in [2.45, 2.75) is 32.2 Å². The van der Waals surface area contributed by atoms with E-state index in [2.05, 4.69) is 21.9 Å². The van der Waals surface area contributed by atoms with Crippen LogP contribution in [0.15, 0.2) is 0 Å². The van der Waals surface area contributed by atoms with Crippen LogP contribution in [0.2, 0.25) is 0 Å². The molecule has 1 saturated carbocycles. The largest absolute Gasteiger partial charge is 0.300 e. The summed E-state index contributed by atoms with van der Waals surface area (Å²) in [6.45, 7) is 7.09. The average Bonchev–Trinajstić information content (AvgIpc) is 3.09. The molecule has 0 spiro atoms. The van der Waals surface area contributed by atoms with Gasteiger partial charge in [0.2, 0.25) is 0 Å². The Morgan fingerprint density at radius 1 is 1.18 bits per heavy atom. The lowest BCUT2D eigenvalue weighted by Gasteiger charge is -2.37. The maximum atomic E-state index is 8.88. The molecule has 1 aliphatic heterocycles. The Labute approximate surface area is 103 Å². The first-order valence-electron chi connectivity index (χ1n) is 6.42. The third-order valence-electron chi connectivity index (χ3n) is 4.11. The number of hydrogen-bond acceptors (Lipinski definition) is 4. The van der Waals surface area contributed by atoms with Crippen LogP contribution in [0.25, 0.3) is 0 Å². The molecule has 2 aliphatic rings. The highest BCUT2D eigenvalue weighted by atomic mass is 15.3. The predicted octanol–water partition coefficient (Wildman–Crippen LogP) is 1.21. The summed E-state index contributed by atoms with van der Waals surface area (Å²) in [5, 5.41) is 17.7. The van der Waals surface area contributed by atoms with Crippen LogP contribution < -0.4 is 0 Å². The molecule has 1 unspecified atom stereocenters. The lowest BCUT2D eigenvalue weighted by molar-refractivity contribution is 0.103. The van der Waals surface area contributed by atoms with E-state index in [1.54, 1.807) is 0 Å². The first-order chi connectivity index (χ1) is 8.19. The van der Waals surface area contributed by atoms with E-state index in [-0.39, 0.29) is 6.04 Å². The molecule has 92 valence electrons. The minimum Gasteiger partial charge on any atom is -0.300 e. The van der Waals surface area contributed by atoms with Gasteiger partial charge in [0.05, 0.1) is 18.2 Å². The van der Waals surface area contributed by atoms with Crippen LogP contribution in [0.1, 0.15) is 26.2 Å². The molecule has 0 N–H and O–H groups in total. The fourth-order valence-corrected chi connectivity index (χ4v) is 2.60. The van der Waals surface area contributed by atoms with Crippen molar-refractivity contribution in [1.82, 2.24) is 9.80 Å². The topological polar surface area (TPSA) is 54.1 Å². The molecule has 0 radical (unpaired) electrons. The quantitative estimate of drug-likeness (QED) is 0.731. The van der Waals surface area contributed by atoms with Gasteiger partial charge in [0.15, 0.2) is 0 Å². The molecule has 1 saturated heterocycles. The second-order valence-corrected chi connectivity index (χ2v) is 5.45. The van der Waals surface area contributed by atoms with Crippen LogP contribution in [0.5, 0.6) is 0 Å². The smallest absolute Gasteiger partial charge is 0.0950 e. The number of nitrogens with zero attached hydrogens (tertiary/aromatic N) is 4. The van der Waals surface area contributed by atoms with Crippen LogP contribution in [-0.2, 0) is 0 Å². The van der Waals surface area contributed by atoms with Gasteiger partial charge in [-0.25, -0.2) is 0 Å². The van der Waals surface area contributed by atoms with Crippen LogP contribution >= 0.6 is 0 Å². The fourth-order valence-electron chi connectivity index (χ4n) is 2.60. The molecule has 0 aromatic heterocycles. The SMILES string of the molecule is CC(C#N)N1CCN(CC2(CC#N)CC2)CC1. The molecular weight excluding hydrogens is 212 g/mol. The Bertz CT molecular complexity index is 339.